The Labute approximate surface area is 141 Å². The maximum absolute atomic E-state index is 13.7. The number of nitrogens with zero attached hydrogens (tertiary/aromatic N) is 1. The topological polar surface area (TPSA) is 51.9 Å². The molecule has 0 aliphatic carbocycles. The zero-order valence-corrected chi connectivity index (χ0v) is 14.0. The molecule has 0 atom stereocenters. The first-order valence-electron chi connectivity index (χ1n) is 7.75. The van der Waals surface area contributed by atoms with Crippen molar-refractivity contribution in [1.82, 2.24) is 4.90 Å². The summed E-state index contributed by atoms with van der Waals surface area (Å²) < 4.78 is 29.0. The summed E-state index contributed by atoms with van der Waals surface area (Å²) in [5, 5.41) is 0. The Morgan fingerprint density at radius 1 is 1.29 bits per heavy atom. The maximum atomic E-state index is 13.7. The van der Waals surface area contributed by atoms with Crippen molar-refractivity contribution < 1.29 is 23.1 Å². The second-order valence-electron chi connectivity index (χ2n) is 5.36. The Morgan fingerprint density at radius 3 is 2.75 bits per heavy atom. The highest BCUT2D eigenvalue weighted by atomic mass is 19.1. The molecule has 0 radical (unpaired) electrons. The summed E-state index contributed by atoms with van der Waals surface area (Å²) in [6, 6.07) is 8.35. The third-order valence-electron chi connectivity index (χ3n) is 3.69. The molecule has 1 aromatic heterocycles. The molecule has 2 aromatic rings. The molecule has 0 saturated heterocycles. The SMILES string of the molecule is COCCN(Cc1ccco1)C(=O)CCc1ccc(OC)c(F)c1. The Kier molecular flexibility index (Phi) is 6.81. The van der Waals surface area contributed by atoms with Gasteiger partial charge in [-0.25, -0.2) is 4.39 Å². The lowest BCUT2D eigenvalue weighted by molar-refractivity contribution is -0.132. The molecule has 130 valence electrons. The van der Waals surface area contributed by atoms with E-state index < -0.39 is 5.82 Å². The molecule has 0 N–H and O–H groups in total. The molecular weight excluding hydrogens is 313 g/mol. The number of benzene rings is 1. The first-order chi connectivity index (χ1) is 11.6. The summed E-state index contributed by atoms with van der Waals surface area (Å²) in [5.74, 6) is 0.466. The van der Waals surface area contributed by atoms with Gasteiger partial charge in [-0.3, -0.25) is 4.79 Å². The summed E-state index contributed by atoms with van der Waals surface area (Å²) in [7, 11) is 3.01. The minimum atomic E-state index is -0.422. The van der Waals surface area contributed by atoms with Gasteiger partial charge in [0.1, 0.15) is 5.76 Å². The number of carbonyl (C=O) groups is 1. The van der Waals surface area contributed by atoms with Crippen molar-refractivity contribution in [2.45, 2.75) is 19.4 Å². The van der Waals surface area contributed by atoms with Crippen LogP contribution < -0.4 is 4.74 Å². The Bertz CT molecular complexity index is 642. The lowest BCUT2D eigenvalue weighted by Crippen LogP contribution is -2.33. The smallest absolute Gasteiger partial charge is 0.223 e. The van der Waals surface area contributed by atoms with Gasteiger partial charge in [0.2, 0.25) is 5.91 Å². The lowest BCUT2D eigenvalue weighted by atomic mass is 10.1. The van der Waals surface area contributed by atoms with Crippen LogP contribution in [0.5, 0.6) is 5.75 Å². The molecule has 5 nitrogen and oxygen atoms in total. The van der Waals surface area contributed by atoms with E-state index >= 15 is 0 Å². The van der Waals surface area contributed by atoms with E-state index in [4.69, 9.17) is 13.9 Å². The average molecular weight is 335 g/mol. The quantitative estimate of drug-likeness (QED) is 0.707. The highest BCUT2D eigenvalue weighted by Gasteiger charge is 2.15. The number of methoxy groups -OCH3 is 2. The molecule has 0 unspecified atom stereocenters. The largest absolute Gasteiger partial charge is 0.494 e. The second-order valence-corrected chi connectivity index (χ2v) is 5.36. The van der Waals surface area contributed by atoms with E-state index in [1.807, 2.05) is 6.07 Å². The predicted molar refractivity (Wildman–Crippen MR) is 87.3 cm³/mol. The fraction of sp³-hybridized carbons (Fsp3) is 0.389. The van der Waals surface area contributed by atoms with Crippen molar-refractivity contribution in [1.29, 1.82) is 0 Å². The summed E-state index contributed by atoms with van der Waals surface area (Å²) in [6.07, 6.45) is 2.33. The number of hydrogen-bond donors (Lipinski definition) is 0. The van der Waals surface area contributed by atoms with Crippen LogP contribution in [0.3, 0.4) is 0 Å². The van der Waals surface area contributed by atoms with Crippen LogP contribution in [0.25, 0.3) is 0 Å². The summed E-state index contributed by atoms with van der Waals surface area (Å²) in [4.78, 5) is 14.1. The van der Waals surface area contributed by atoms with Crippen molar-refractivity contribution >= 4 is 5.91 Å². The van der Waals surface area contributed by atoms with Crippen molar-refractivity contribution in [3.8, 4) is 5.75 Å². The lowest BCUT2D eigenvalue weighted by Gasteiger charge is -2.21. The Hall–Kier alpha value is -2.34. The van der Waals surface area contributed by atoms with Crippen LogP contribution in [0, 0.1) is 5.82 Å². The monoisotopic (exact) mass is 335 g/mol. The summed E-state index contributed by atoms with van der Waals surface area (Å²) >= 11 is 0. The summed E-state index contributed by atoms with van der Waals surface area (Å²) in [6.45, 7) is 1.32. The fourth-order valence-electron chi connectivity index (χ4n) is 2.36. The van der Waals surface area contributed by atoms with Gasteiger partial charge in [0.25, 0.3) is 0 Å². The van der Waals surface area contributed by atoms with Gasteiger partial charge in [-0.1, -0.05) is 6.07 Å². The predicted octanol–water partition coefficient (Wildman–Crippen LogP) is 3.04. The maximum Gasteiger partial charge on any atom is 0.223 e. The highest BCUT2D eigenvalue weighted by molar-refractivity contribution is 5.76. The zero-order valence-electron chi connectivity index (χ0n) is 14.0. The number of hydrogen-bond acceptors (Lipinski definition) is 4. The van der Waals surface area contributed by atoms with Crippen LogP contribution in [-0.4, -0.2) is 38.2 Å². The standard InChI is InChI=1S/C18H22FNO4/c1-22-11-9-20(13-15-4-3-10-24-15)18(21)8-6-14-5-7-17(23-2)16(19)12-14/h3-5,7,10,12H,6,8-9,11,13H2,1-2H3. The van der Waals surface area contributed by atoms with Gasteiger partial charge in [0.15, 0.2) is 11.6 Å². The van der Waals surface area contributed by atoms with Gasteiger partial charge in [-0.2, -0.15) is 0 Å². The number of furan rings is 1. The molecule has 1 amide bonds. The van der Waals surface area contributed by atoms with E-state index in [1.165, 1.54) is 13.2 Å². The molecule has 0 spiro atoms. The number of rotatable bonds is 9. The molecule has 0 aliphatic rings. The third kappa shape index (κ3) is 5.09. The number of ether oxygens (including phenoxy) is 2. The molecule has 2 rings (SSSR count). The molecular formula is C18H22FNO4. The van der Waals surface area contributed by atoms with Crippen molar-refractivity contribution in [3.63, 3.8) is 0 Å². The highest BCUT2D eigenvalue weighted by Crippen LogP contribution is 2.19. The van der Waals surface area contributed by atoms with Gasteiger partial charge in [-0.05, 0) is 36.2 Å². The molecule has 0 bridgehead atoms. The van der Waals surface area contributed by atoms with Crippen LogP contribution >= 0.6 is 0 Å². The van der Waals surface area contributed by atoms with Crippen LogP contribution in [0.2, 0.25) is 0 Å². The van der Waals surface area contributed by atoms with Crippen molar-refractivity contribution in [2.75, 3.05) is 27.4 Å². The molecule has 6 heteroatoms. The first kappa shape index (κ1) is 18.0. The molecule has 0 aliphatic heterocycles. The number of carbonyl (C=O) groups excluding carboxylic acids is 1. The number of halogens is 1. The van der Waals surface area contributed by atoms with Gasteiger partial charge in [0, 0.05) is 20.1 Å². The fourth-order valence-corrected chi connectivity index (χ4v) is 2.36. The van der Waals surface area contributed by atoms with E-state index in [0.717, 1.165) is 11.3 Å². The molecule has 24 heavy (non-hydrogen) atoms. The zero-order chi connectivity index (χ0) is 17.4. The minimum absolute atomic E-state index is 0.0281. The van der Waals surface area contributed by atoms with Crippen LogP contribution in [0.15, 0.2) is 41.0 Å². The van der Waals surface area contributed by atoms with Crippen molar-refractivity contribution in [3.05, 3.63) is 53.7 Å². The van der Waals surface area contributed by atoms with E-state index in [-0.39, 0.29) is 18.1 Å². The Balaban J connectivity index is 1.95. The van der Waals surface area contributed by atoms with E-state index in [9.17, 15) is 9.18 Å². The molecule has 1 heterocycles. The normalized spacial score (nSPS) is 10.6. The molecule has 0 saturated carbocycles. The van der Waals surface area contributed by atoms with Crippen molar-refractivity contribution in [2.24, 2.45) is 0 Å². The van der Waals surface area contributed by atoms with Gasteiger partial charge in [-0.15, -0.1) is 0 Å². The van der Waals surface area contributed by atoms with E-state index in [2.05, 4.69) is 0 Å². The summed E-state index contributed by atoms with van der Waals surface area (Å²) in [5.41, 5.74) is 0.756. The van der Waals surface area contributed by atoms with Gasteiger partial charge in [0.05, 0.1) is 26.5 Å². The molecule has 0 fully saturated rings. The first-order valence-corrected chi connectivity index (χ1v) is 7.75. The minimum Gasteiger partial charge on any atom is -0.494 e. The molecule has 1 aromatic carbocycles. The Morgan fingerprint density at radius 2 is 2.12 bits per heavy atom. The van der Waals surface area contributed by atoms with Gasteiger partial charge < -0.3 is 18.8 Å². The van der Waals surface area contributed by atoms with E-state index in [0.29, 0.717) is 26.1 Å². The number of amides is 1. The average Bonchev–Trinajstić information content (AvgIpc) is 3.09. The number of aryl methyl sites for hydroxylation is 1. The van der Waals surface area contributed by atoms with E-state index in [1.54, 1.807) is 36.5 Å². The third-order valence-corrected chi connectivity index (χ3v) is 3.69. The van der Waals surface area contributed by atoms with Gasteiger partial charge >= 0.3 is 0 Å². The van der Waals surface area contributed by atoms with Crippen LogP contribution in [0.1, 0.15) is 17.7 Å². The van der Waals surface area contributed by atoms with Crippen LogP contribution in [-0.2, 0) is 22.5 Å². The second kappa shape index (κ2) is 9.08. The van der Waals surface area contributed by atoms with Crippen LogP contribution in [0.4, 0.5) is 4.39 Å².